The van der Waals surface area contributed by atoms with Crippen LogP contribution in [0.25, 0.3) is 11.1 Å². The van der Waals surface area contributed by atoms with Gasteiger partial charge in [-0.2, -0.15) is 4.98 Å². The molecule has 32 heavy (non-hydrogen) atoms. The van der Waals surface area contributed by atoms with Crippen molar-refractivity contribution >= 4 is 23.0 Å². The van der Waals surface area contributed by atoms with E-state index in [1.54, 1.807) is 0 Å². The molecule has 3 aromatic rings. The molecule has 1 N–H and O–H groups in total. The highest BCUT2D eigenvalue weighted by molar-refractivity contribution is 5.79. The molecule has 0 spiro atoms. The zero-order chi connectivity index (χ0) is 21.9. The van der Waals surface area contributed by atoms with Gasteiger partial charge >= 0.3 is 0 Å². The third-order valence-corrected chi connectivity index (χ3v) is 6.46. The number of benzene rings is 1. The quantitative estimate of drug-likeness (QED) is 0.633. The second kappa shape index (κ2) is 9.34. The number of ether oxygens (including phenoxy) is 1. The molecule has 1 aromatic carbocycles. The first kappa shape index (κ1) is 21.0. The van der Waals surface area contributed by atoms with Gasteiger partial charge in [-0.3, -0.25) is 9.69 Å². The summed E-state index contributed by atoms with van der Waals surface area (Å²) in [5.41, 5.74) is 1.66. The summed E-state index contributed by atoms with van der Waals surface area (Å²) in [5.74, 6) is 1.90. The van der Waals surface area contributed by atoms with Gasteiger partial charge in [-0.1, -0.05) is 12.1 Å². The van der Waals surface area contributed by atoms with Crippen LogP contribution in [0.3, 0.4) is 0 Å². The third kappa shape index (κ3) is 4.52. The molecule has 2 saturated heterocycles. The first-order valence-electron chi connectivity index (χ1n) is 11.4. The van der Waals surface area contributed by atoms with E-state index in [9.17, 15) is 4.79 Å². The van der Waals surface area contributed by atoms with Gasteiger partial charge in [0.05, 0.1) is 19.3 Å². The second-order valence-corrected chi connectivity index (χ2v) is 8.58. The molecule has 2 aromatic heterocycles. The lowest BCUT2D eigenvalue weighted by Crippen LogP contribution is -2.46. The molecular formula is C24H30N4O4. The fourth-order valence-corrected chi connectivity index (χ4v) is 4.60. The molecular weight excluding hydrogens is 408 g/mol. The highest BCUT2D eigenvalue weighted by Gasteiger charge is 2.30. The molecule has 0 aliphatic carbocycles. The number of piperidine rings is 1. The summed E-state index contributed by atoms with van der Waals surface area (Å²) in [5, 5.41) is 3.19. The van der Waals surface area contributed by atoms with Gasteiger partial charge in [0.1, 0.15) is 17.0 Å². The van der Waals surface area contributed by atoms with Crippen LogP contribution >= 0.6 is 0 Å². The molecule has 4 heterocycles. The first-order chi connectivity index (χ1) is 15.7. The maximum absolute atomic E-state index is 13.0. The number of amides is 1. The summed E-state index contributed by atoms with van der Waals surface area (Å²) in [6.07, 6.45) is 1.57. The summed E-state index contributed by atoms with van der Waals surface area (Å²) in [4.78, 5) is 22.0. The van der Waals surface area contributed by atoms with Crippen LogP contribution in [0.5, 0.6) is 0 Å². The molecule has 2 aliphatic rings. The van der Waals surface area contributed by atoms with Crippen molar-refractivity contribution in [2.45, 2.75) is 25.8 Å². The normalized spacial score (nSPS) is 19.3. The van der Waals surface area contributed by atoms with Crippen LogP contribution < -0.4 is 10.2 Å². The number of carbonyl (C=O) groups excluding carboxylic acids is 1. The van der Waals surface area contributed by atoms with Crippen LogP contribution in [0.2, 0.25) is 0 Å². The Morgan fingerprint density at radius 1 is 1.09 bits per heavy atom. The summed E-state index contributed by atoms with van der Waals surface area (Å²) < 4.78 is 17.3. The van der Waals surface area contributed by atoms with Crippen LogP contribution in [0.4, 0.5) is 6.01 Å². The minimum Gasteiger partial charge on any atom is -0.465 e. The van der Waals surface area contributed by atoms with E-state index >= 15 is 0 Å². The summed E-state index contributed by atoms with van der Waals surface area (Å²) >= 11 is 0. The van der Waals surface area contributed by atoms with E-state index in [1.807, 2.05) is 43.3 Å². The number of rotatable bonds is 6. The Morgan fingerprint density at radius 2 is 1.88 bits per heavy atom. The number of para-hydroxylation sites is 2. The lowest BCUT2D eigenvalue weighted by molar-refractivity contribution is -0.126. The molecule has 2 fully saturated rings. The highest BCUT2D eigenvalue weighted by Crippen LogP contribution is 2.27. The van der Waals surface area contributed by atoms with Crippen molar-refractivity contribution in [3.63, 3.8) is 0 Å². The smallest absolute Gasteiger partial charge is 0.298 e. The van der Waals surface area contributed by atoms with Crippen LogP contribution in [0, 0.1) is 12.8 Å². The minimum atomic E-state index is -0.000644. The number of morpholine rings is 1. The van der Waals surface area contributed by atoms with Crippen molar-refractivity contribution in [1.82, 2.24) is 15.2 Å². The lowest BCUT2D eigenvalue weighted by Gasteiger charge is -2.34. The zero-order valence-electron chi connectivity index (χ0n) is 18.5. The fourth-order valence-electron chi connectivity index (χ4n) is 4.60. The van der Waals surface area contributed by atoms with Crippen molar-refractivity contribution < 1.29 is 18.4 Å². The van der Waals surface area contributed by atoms with Crippen molar-refractivity contribution in [2.75, 3.05) is 50.8 Å². The number of furan rings is 1. The molecule has 1 amide bonds. The summed E-state index contributed by atoms with van der Waals surface area (Å²) in [6.45, 7) is 7.09. The Morgan fingerprint density at radius 3 is 2.59 bits per heavy atom. The number of carbonyl (C=O) groups is 1. The van der Waals surface area contributed by atoms with Gasteiger partial charge in [-0.05, 0) is 44.0 Å². The van der Waals surface area contributed by atoms with Gasteiger partial charge in [-0.15, -0.1) is 0 Å². The number of anilines is 1. The van der Waals surface area contributed by atoms with Crippen LogP contribution in [0.15, 0.2) is 45.2 Å². The van der Waals surface area contributed by atoms with Gasteiger partial charge < -0.3 is 23.8 Å². The molecule has 1 unspecified atom stereocenters. The third-order valence-electron chi connectivity index (χ3n) is 6.46. The predicted octanol–water partition coefficient (Wildman–Crippen LogP) is 3.14. The van der Waals surface area contributed by atoms with E-state index in [4.69, 9.17) is 13.6 Å². The molecule has 1 atom stereocenters. The average molecular weight is 439 g/mol. The Kier molecular flexibility index (Phi) is 6.14. The van der Waals surface area contributed by atoms with Gasteiger partial charge in [0, 0.05) is 38.6 Å². The Bertz CT molecular complexity index is 1010. The first-order valence-corrected chi connectivity index (χ1v) is 11.4. The number of nitrogens with one attached hydrogen (secondary N) is 1. The number of nitrogens with zero attached hydrogens (tertiary/aromatic N) is 3. The van der Waals surface area contributed by atoms with Crippen LogP contribution in [-0.4, -0.2) is 61.7 Å². The van der Waals surface area contributed by atoms with Gasteiger partial charge in [0.15, 0.2) is 5.58 Å². The largest absolute Gasteiger partial charge is 0.465 e. The summed E-state index contributed by atoms with van der Waals surface area (Å²) in [6, 6.07) is 12.4. The Labute approximate surface area is 187 Å². The van der Waals surface area contributed by atoms with Crippen LogP contribution in [-0.2, 0) is 9.53 Å². The van der Waals surface area contributed by atoms with Crippen molar-refractivity contribution in [3.8, 4) is 0 Å². The van der Waals surface area contributed by atoms with Crippen LogP contribution in [0.1, 0.15) is 30.4 Å². The van der Waals surface area contributed by atoms with Gasteiger partial charge in [-0.25, -0.2) is 0 Å². The van der Waals surface area contributed by atoms with Crippen molar-refractivity contribution in [1.29, 1.82) is 0 Å². The van der Waals surface area contributed by atoms with E-state index in [1.165, 1.54) is 0 Å². The number of fused-ring (bicyclic) bond motifs is 1. The van der Waals surface area contributed by atoms with E-state index in [-0.39, 0.29) is 17.9 Å². The minimum absolute atomic E-state index is 0.000644. The summed E-state index contributed by atoms with van der Waals surface area (Å²) in [7, 11) is 0. The van der Waals surface area contributed by atoms with E-state index in [0.717, 1.165) is 61.6 Å². The maximum atomic E-state index is 13.0. The number of hydrogen-bond acceptors (Lipinski definition) is 7. The number of aromatic nitrogens is 1. The van der Waals surface area contributed by atoms with E-state index < -0.39 is 0 Å². The molecule has 5 rings (SSSR count). The topological polar surface area (TPSA) is 84.0 Å². The second-order valence-electron chi connectivity index (χ2n) is 8.58. The number of oxazole rings is 1. The monoisotopic (exact) mass is 438 g/mol. The van der Waals surface area contributed by atoms with Gasteiger partial charge in [0.25, 0.3) is 6.01 Å². The van der Waals surface area contributed by atoms with Crippen molar-refractivity contribution in [3.05, 3.63) is 47.9 Å². The van der Waals surface area contributed by atoms with E-state index in [2.05, 4.69) is 20.1 Å². The van der Waals surface area contributed by atoms with Gasteiger partial charge in [0.2, 0.25) is 5.91 Å². The molecule has 8 nitrogen and oxygen atoms in total. The highest BCUT2D eigenvalue weighted by atomic mass is 16.5. The number of hydrogen-bond donors (Lipinski definition) is 1. The molecule has 0 bridgehead atoms. The van der Waals surface area contributed by atoms with Crippen molar-refractivity contribution in [2.24, 2.45) is 5.92 Å². The molecule has 2 aliphatic heterocycles. The molecule has 0 saturated carbocycles. The SMILES string of the molecule is Cc1ccc(C(CNC(=O)C2CCN(c3nc4ccccc4o3)CC2)N2CCOCC2)o1. The molecule has 170 valence electrons. The maximum Gasteiger partial charge on any atom is 0.298 e. The fraction of sp³-hybridized carbons (Fsp3) is 0.500. The zero-order valence-corrected chi connectivity index (χ0v) is 18.5. The predicted molar refractivity (Wildman–Crippen MR) is 121 cm³/mol. The Balaban J connectivity index is 1.17. The lowest BCUT2D eigenvalue weighted by atomic mass is 9.96. The standard InChI is InChI=1S/C24H30N4O4/c1-17-6-7-22(31-17)20(27-12-14-30-15-13-27)16-25-23(29)18-8-10-28(11-9-18)24-26-19-4-2-3-5-21(19)32-24/h2-7,18,20H,8-16H2,1H3,(H,25,29). The molecule has 0 radical (unpaired) electrons. The van der Waals surface area contributed by atoms with E-state index in [0.29, 0.717) is 25.8 Å². The Hall–Kier alpha value is -2.84. The number of aryl methyl sites for hydroxylation is 1. The average Bonchev–Trinajstić information content (AvgIpc) is 3.46. The molecule has 8 heteroatoms.